The van der Waals surface area contributed by atoms with Gasteiger partial charge < -0.3 is 10.1 Å². The molecule has 0 aromatic heterocycles. The van der Waals surface area contributed by atoms with Crippen molar-refractivity contribution in [2.45, 2.75) is 25.1 Å². The lowest BCUT2D eigenvalue weighted by Crippen LogP contribution is -2.12. The molecule has 2 rings (SSSR count). The highest BCUT2D eigenvalue weighted by Crippen LogP contribution is 2.42. The molecule has 1 aromatic carbocycles. The highest BCUT2D eigenvalue weighted by molar-refractivity contribution is 5.58. The summed E-state index contributed by atoms with van der Waals surface area (Å²) in [5.41, 5.74) is -0.671. The van der Waals surface area contributed by atoms with E-state index < -0.39 is 11.7 Å². The van der Waals surface area contributed by atoms with E-state index in [2.05, 4.69) is 5.32 Å². The molecule has 1 saturated carbocycles. The van der Waals surface area contributed by atoms with Gasteiger partial charge in [-0.2, -0.15) is 13.2 Å². The smallest absolute Gasteiger partial charge is 0.421 e. The van der Waals surface area contributed by atoms with E-state index in [9.17, 15) is 13.2 Å². The van der Waals surface area contributed by atoms with Gasteiger partial charge in [0.2, 0.25) is 0 Å². The number of hydrogen-bond acceptors (Lipinski definition) is 2. The highest BCUT2D eigenvalue weighted by atomic mass is 19.4. The average molecular weight is 231 g/mol. The van der Waals surface area contributed by atoms with Crippen LogP contribution in [0.3, 0.4) is 0 Å². The van der Waals surface area contributed by atoms with E-state index in [0.29, 0.717) is 0 Å². The molecule has 0 spiro atoms. The summed E-state index contributed by atoms with van der Waals surface area (Å²) >= 11 is 0. The van der Waals surface area contributed by atoms with Crippen LogP contribution in [0.25, 0.3) is 0 Å². The van der Waals surface area contributed by atoms with Crippen molar-refractivity contribution in [3.05, 3.63) is 23.8 Å². The number of anilines is 1. The van der Waals surface area contributed by atoms with Gasteiger partial charge in [-0.3, -0.25) is 0 Å². The molecular weight excluding hydrogens is 219 g/mol. The second-order valence-corrected chi connectivity index (χ2v) is 3.74. The number of nitrogens with one attached hydrogen (secondary N) is 1. The van der Waals surface area contributed by atoms with E-state index in [0.717, 1.165) is 12.8 Å². The van der Waals surface area contributed by atoms with Gasteiger partial charge in [-0.1, -0.05) is 6.07 Å². The topological polar surface area (TPSA) is 21.3 Å². The maximum atomic E-state index is 12.8. The van der Waals surface area contributed by atoms with Crippen molar-refractivity contribution in [1.29, 1.82) is 0 Å². The van der Waals surface area contributed by atoms with E-state index in [4.69, 9.17) is 4.74 Å². The van der Waals surface area contributed by atoms with Crippen molar-refractivity contribution in [3.8, 4) is 5.75 Å². The number of halogens is 3. The van der Waals surface area contributed by atoms with Gasteiger partial charge in [0.05, 0.1) is 6.10 Å². The van der Waals surface area contributed by atoms with Crippen molar-refractivity contribution in [2.75, 3.05) is 12.4 Å². The Labute approximate surface area is 91.4 Å². The maximum Gasteiger partial charge on any atom is 0.421 e. The summed E-state index contributed by atoms with van der Waals surface area (Å²) in [7, 11) is 1.46. The van der Waals surface area contributed by atoms with Crippen molar-refractivity contribution in [3.63, 3.8) is 0 Å². The Balaban J connectivity index is 2.41. The summed E-state index contributed by atoms with van der Waals surface area (Å²) in [5.74, 6) is -0.0816. The molecule has 16 heavy (non-hydrogen) atoms. The maximum absolute atomic E-state index is 12.8. The first-order chi connectivity index (χ1) is 7.52. The number of rotatable bonds is 3. The average Bonchev–Trinajstić information content (AvgIpc) is 2.99. The largest absolute Gasteiger partial charge is 0.490 e. The number of hydrogen-bond donors (Lipinski definition) is 1. The van der Waals surface area contributed by atoms with Crippen molar-refractivity contribution in [1.82, 2.24) is 0 Å². The van der Waals surface area contributed by atoms with Gasteiger partial charge >= 0.3 is 6.18 Å². The third kappa shape index (κ3) is 2.23. The zero-order valence-electron chi connectivity index (χ0n) is 8.77. The number of alkyl halides is 3. The minimum absolute atomic E-state index is 0.0469. The summed E-state index contributed by atoms with van der Waals surface area (Å²) in [4.78, 5) is 0. The molecule has 5 heteroatoms. The van der Waals surface area contributed by atoms with Crippen molar-refractivity contribution >= 4 is 5.69 Å². The second-order valence-electron chi connectivity index (χ2n) is 3.74. The molecule has 0 unspecified atom stereocenters. The van der Waals surface area contributed by atoms with Crippen LogP contribution in [0.15, 0.2) is 18.2 Å². The van der Waals surface area contributed by atoms with Crippen LogP contribution in [-0.2, 0) is 6.18 Å². The molecule has 0 heterocycles. The van der Waals surface area contributed by atoms with Crippen LogP contribution in [0.5, 0.6) is 5.75 Å². The molecular formula is C11H12F3NO. The SMILES string of the molecule is CNc1cccc(OC2CC2)c1C(F)(F)F. The molecule has 0 aliphatic heterocycles. The fourth-order valence-electron chi connectivity index (χ4n) is 1.50. The Bertz CT molecular complexity index is 385. The summed E-state index contributed by atoms with van der Waals surface area (Å²) in [6.45, 7) is 0. The van der Waals surface area contributed by atoms with Gasteiger partial charge in [-0.05, 0) is 25.0 Å². The van der Waals surface area contributed by atoms with Crippen LogP contribution in [0.2, 0.25) is 0 Å². The van der Waals surface area contributed by atoms with Gasteiger partial charge in [0.25, 0.3) is 0 Å². The Morgan fingerprint density at radius 3 is 2.50 bits per heavy atom. The molecule has 0 atom stereocenters. The Morgan fingerprint density at radius 2 is 2.00 bits per heavy atom. The molecule has 1 N–H and O–H groups in total. The monoisotopic (exact) mass is 231 g/mol. The van der Waals surface area contributed by atoms with Crippen molar-refractivity contribution in [2.24, 2.45) is 0 Å². The van der Waals surface area contributed by atoms with Crippen LogP contribution >= 0.6 is 0 Å². The Morgan fingerprint density at radius 1 is 1.31 bits per heavy atom. The first-order valence-electron chi connectivity index (χ1n) is 5.07. The summed E-state index contributed by atoms with van der Waals surface area (Å²) < 4.78 is 43.8. The first kappa shape index (κ1) is 11.1. The Hall–Kier alpha value is -1.39. The number of benzene rings is 1. The van der Waals surface area contributed by atoms with Crippen LogP contribution in [0, 0.1) is 0 Å². The molecule has 1 aliphatic carbocycles. The number of ether oxygens (including phenoxy) is 1. The lowest BCUT2D eigenvalue weighted by atomic mass is 10.1. The van der Waals surface area contributed by atoms with Crippen LogP contribution < -0.4 is 10.1 Å². The van der Waals surface area contributed by atoms with Gasteiger partial charge in [0, 0.05) is 12.7 Å². The molecule has 1 fully saturated rings. The van der Waals surface area contributed by atoms with Gasteiger partial charge in [0.1, 0.15) is 11.3 Å². The predicted octanol–water partition coefficient (Wildman–Crippen LogP) is 3.29. The quantitative estimate of drug-likeness (QED) is 0.861. The van der Waals surface area contributed by atoms with E-state index in [-0.39, 0.29) is 17.5 Å². The third-order valence-corrected chi connectivity index (χ3v) is 2.40. The van der Waals surface area contributed by atoms with Crippen LogP contribution in [0.1, 0.15) is 18.4 Å². The van der Waals surface area contributed by atoms with Gasteiger partial charge in [0.15, 0.2) is 0 Å². The third-order valence-electron chi connectivity index (χ3n) is 2.40. The minimum atomic E-state index is -4.40. The fourth-order valence-corrected chi connectivity index (χ4v) is 1.50. The molecule has 2 nitrogen and oxygen atoms in total. The van der Waals surface area contributed by atoms with E-state index in [1.54, 1.807) is 6.07 Å². The van der Waals surface area contributed by atoms with Crippen LogP contribution in [-0.4, -0.2) is 13.2 Å². The molecule has 0 saturated heterocycles. The molecule has 0 bridgehead atoms. The predicted molar refractivity (Wildman–Crippen MR) is 54.6 cm³/mol. The van der Waals surface area contributed by atoms with Crippen molar-refractivity contribution < 1.29 is 17.9 Å². The van der Waals surface area contributed by atoms with Gasteiger partial charge in [-0.25, -0.2) is 0 Å². The zero-order valence-corrected chi connectivity index (χ0v) is 8.77. The van der Waals surface area contributed by atoms with E-state index in [1.807, 2.05) is 0 Å². The van der Waals surface area contributed by atoms with E-state index >= 15 is 0 Å². The van der Waals surface area contributed by atoms with Gasteiger partial charge in [-0.15, -0.1) is 0 Å². The molecule has 88 valence electrons. The lowest BCUT2D eigenvalue weighted by Gasteiger charge is -2.17. The normalized spacial score (nSPS) is 16.0. The summed E-state index contributed by atoms with van der Waals surface area (Å²) in [6.07, 6.45) is -2.78. The molecule has 0 amide bonds. The molecule has 0 radical (unpaired) electrons. The highest BCUT2D eigenvalue weighted by Gasteiger charge is 2.38. The van der Waals surface area contributed by atoms with Crippen LogP contribution in [0.4, 0.5) is 18.9 Å². The second kappa shape index (κ2) is 3.88. The standard InChI is InChI=1S/C11H12F3NO/c1-15-8-3-2-4-9(16-7-5-6-7)10(8)11(12,13)14/h2-4,7,15H,5-6H2,1H3. The fraction of sp³-hybridized carbons (Fsp3) is 0.455. The summed E-state index contributed by atoms with van der Waals surface area (Å²) in [6, 6.07) is 4.31. The first-order valence-corrected chi connectivity index (χ1v) is 5.07. The molecule has 1 aromatic rings. The zero-order chi connectivity index (χ0) is 11.8. The molecule has 1 aliphatic rings. The summed E-state index contributed by atoms with van der Waals surface area (Å²) in [5, 5.41) is 2.54. The Kier molecular flexibility index (Phi) is 2.69. The minimum Gasteiger partial charge on any atom is -0.490 e. The van der Waals surface area contributed by atoms with E-state index in [1.165, 1.54) is 19.2 Å². The lowest BCUT2D eigenvalue weighted by molar-refractivity contribution is -0.138.